The highest BCUT2D eigenvalue weighted by atomic mass is 32.1. The molecule has 0 saturated carbocycles. The second-order valence-electron chi connectivity index (χ2n) is 7.44. The number of rotatable bonds is 5. The minimum absolute atomic E-state index is 0.0129. The fourth-order valence-corrected chi connectivity index (χ4v) is 4.85. The number of carbonyl (C=O) groups excluding carboxylic acids is 1. The van der Waals surface area contributed by atoms with Crippen LogP contribution in [0.5, 0.6) is 5.75 Å². The summed E-state index contributed by atoms with van der Waals surface area (Å²) in [5, 5.41) is 13.4. The van der Waals surface area contributed by atoms with Crippen LogP contribution in [0.1, 0.15) is 40.0 Å². The third-order valence-corrected chi connectivity index (χ3v) is 6.40. The molecule has 1 aliphatic rings. The molecule has 0 radical (unpaired) electrons. The summed E-state index contributed by atoms with van der Waals surface area (Å²) in [5.41, 5.74) is 5.28. The van der Waals surface area contributed by atoms with Crippen LogP contribution in [-0.2, 0) is 24.1 Å². The molecule has 0 saturated heterocycles. The van der Waals surface area contributed by atoms with E-state index in [4.69, 9.17) is 4.99 Å². The van der Waals surface area contributed by atoms with Gasteiger partial charge < -0.3 is 10.4 Å². The minimum Gasteiger partial charge on any atom is -0.508 e. The number of aliphatic imine (C=N–C) groups is 1. The van der Waals surface area contributed by atoms with Gasteiger partial charge in [0.1, 0.15) is 10.8 Å². The Morgan fingerprint density at radius 2 is 1.83 bits per heavy atom. The molecule has 3 aromatic rings. The maximum Gasteiger partial charge on any atom is 0.228 e. The van der Waals surface area contributed by atoms with E-state index in [0.717, 1.165) is 41.1 Å². The summed E-state index contributed by atoms with van der Waals surface area (Å²) < 4.78 is 0. The summed E-state index contributed by atoms with van der Waals surface area (Å²) >= 11 is 1.71. The molecule has 2 aromatic carbocycles. The first-order chi connectivity index (χ1) is 14.1. The summed E-state index contributed by atoms with van der Waals surface area (Å²) in [4.78, 5) is 18.8. The van der Waals surface area contributed by atoms with E-state index in [1.54, 1.807) is 29.7 Å². The lowest BCUT2D eigenvalue weighted by atomic mass is 9.94. The van der Waals surface area contributed by atoms with Crippen molar-refractivity contribution in [2.24, 2.45) is 4.99 Å². The number of nitrogens with one attached hydrogen (secondary N) is 1. The van der Waals surface area contributed by atoms with Gasteiger partial charge in [-0.05, 0) is 80.1 Å². The van der Waals surface area contributed by atoms with E-state index in [2.05, 4.69) is 5.32 Å². The summed E-state index contributed by atoms with van der Waals surface area (Å²) in [5.74, 6) is 0.225. The predicted octanol–water partition coefficient (Wildman–Crippen LogP) is 5.57. The Balaban J connectivity index is 1.57. The molecule has 0 aliphatic heterocycles. The molecule has 29 heavy (non-hydrogen) atoms. The SMILES string of the molecule is Cc1ccc(NC(=O)Cc2c(/N=C/c3ccc(O)cc3)sc3c2CCCC3)cc1. The third kappa shape index (κ3) is 4.74. The number of nitrogens with zero attached hydrogens (tertiary/aromatic N) is 1. The molecule has 1 heterocycles. The second-order valence-corrected chi connectivity index (χ2v) is 8.52. The molecule has 1 aromatic heterocycles. The standard InChI is InChI=1S/C24H24N2O2S/c1-16-6-10-18(11-7-16)26-23(28)14-21-20-4-2-3-5-22(20)29-24(21)25-15-17-8-12-19(27)13-9-17/h6-13,15,27H,2-5,14H2,1H3,(H,26,28)/b25-15+. The second kappa shape index (κ2) is 8.62. The van der Waals surface area contributed by atoms with Crippen LogP contribution in [0, 0.1) is 6.92 Å². The zero-order valence-electron chi connectivity index (χ0n) is 16.4. The Bertz CT molecular complexity index is 1030. The van der Waals surface area contributed by atoms with Gasteiger partial charge in [-0.15, -0.1) is 11.3 Å². The Kier molecular flexibility index (Phi) is 5.76. The molecule has 0 fully saturated rings. The summed E-state index contributed by atoms with van der Waals surface area (Å²) in [6.07, 6.45) is 6.59. The maximum atomic E-state index is 12.7. The van der Waals surface area contributed by atoms with Gasteiger partial charge in [-0.25, -0.2) is 4.99 Å². The molecular formula is C24H24N2O2S. The van der Waals surface area contributed by atoms with Crippen LogP contribution < -0.4 is 5.32 Å². The van der Waals surface area contributed by atoms with Crippen LogP contribution in [0.3, 0.4) is 0 Å². The Labute approximate surface area is 175 Å². The van der Waals surface area contributed by atoms with Crippen molar-refractivity contribution in [3.05, 3.63) is 75.7 Å². The smallest absolute Gasteiger partial charge is 0.228 e. The fourth-order valence-electron chi connectivity index (χ4n) is 3.60. The van der Waals surface area contributed by atoms with Gasteiger partial charge in [0.05, 0.1) is 6.42 Å². The number of carbonyl (C=O) groups is 1. The van der Waals surface area contributed by atoms with Crippen molar-refractivity contribution in [3.8, 4) is 5.75 Å². The number of amides is 1. The van der Waals surface area contributed by atoms with Crippen molar-refractivity contribution in [2.75, 3.05) is 5.32 Å². The molecule has 148 valence electrons. The van der Waals surface area contributed by atoms with Crippen molar-refractivity contribution >= 4 is 34.1 Å². The minimum atomic E-state index is -0.0129. The number of fused-ring (bicyclic) bond motifs is 1. The molecule has 4 rings (SSSR count). The van der Waals surface area contributed by atoms with E-state index in [1.807, 2.05) is 43.3 Å². The summed E-state index contributed by atoms with van der Waals surface area (Å²) in [6, 6.07) is 14.8. The van der Waals surface area contributed by atoms with Gasteiger partial charge >= 0.3 is 0 Å². The largest absolute Gasteiger partial charge is 0.508 e. The normalized spacial score (nSPS) is 13.4. The highest BCUT2D eigenvalue weighted by Crippen LogP contribution is 2.40. The lowest BCUT2D eigenvalue weighted by Gasteiger charge is -2.13. The molecule has 0 spiro atoms. The van der Waals surface area contributed by atoms with Gasteiger partial charge in [0.25, 0.3) is 0 Å². The first-order valence-electron chi connectivity index (χ1n) is 9.91. The van der Waals surface area contributed by atoms with E-state index in [9.17, 15) is 9.90 Å². The highest BCUT2D eigenvalue weighted by molar-refractivity contribution is 7.16. The summed E-state index contributed by atoms with van der Waals surface area (Å²) in [7, 11) is 0. The Hall–Kier alpha value is -2.92. The predicted molar refractivity (Wildman–Crippen MR) is 120 cm³/mol. The van der Waals surface area contributed by atoms with E-state index in [-0.39, 0.29) is 11.7 Å². The number of hydrogen-bond acceptors (Lipinski definition) is 4. The molecule has 1 amide bonds. The van der Waals surface area contributed by atoms with E-state index in [0.29, 0.717) is 6.42 Å². The van der Waals surface area contributed by atoms with Crippen molar-refractivity contribution in [1.82, 2.24) is 0 Å². The molecular weight excluding hydrogens is 380 g/mol. The van der Waals surface area contributed by atoms with E-state index >= 15 is 0 Å². The number of aromatic hydroxyl groups is 1. The topological polar surface area (TPSA) is 61.7 Å². The molecule has 4 nitrogen and oxygen atoms in total. The molecule has 1 aliphatic carbocycles. The van der Waals surface area contributed by atoms with Crippen LogP contribution in [0.15, 0.2) is 53.5 Å². The molecule has 5 heteroatoms. The van der Waals surface area contributed by atoms with Crippen LogP contribution in [0.2, 0.25) is 0 Å². The highest BCUT2D eigenvalue weighted by Gasteiger charge is 2.22. The lowest BCUT2D eigenvalue weighted by Crippen LogP contribution is -2.15. The van der Waals surface area contributed by atoms with Crippen LogP contribution in [0.25, 0.3) is 0 Å². The van der Waals surface area contributed by atoms with Gasteiger partial charge in [0, 0.05) is 22.3 Å². The zero-order chi connectivity index (χ0) is 20.2. The quantitative estimate of drug-likeness (QED) is 0.546. The maximum absolute atomic E-state index is 12.7. The third-order valence-electron chi connectivity index (χ3n) is 5.16. The number of hydrogen-bond donors (Lipinski definition) is 2. The van der Waals surface area contributed by atoms with Gasteiger partial charge in [-0.2, -0.15) is 0 Å². The first-order valence-corrected chi connectivity index (χ1v) is 10.7. The van der Waals surface area contributed by atoms with Crippen molar-refractivity contribution < 1.29 is 9.90 Å². The van der Waals surface area contributed by atoms with Crippen LogP contribution in [-0.4, -0.2) is 17.2 Å². The Morgan fingerprint density at radius 1 is 1.10 bits per heavy atom. The summed E-state index contributed by atoms with van der Waals surface area (Å²) in [6.45, 7) is 2.03. The number of aryl methyl sites for hydroxylation is 2. The lowest BCUT2D eigenvalue weighted by molar-refractivity contribution is -0.115. The van der Waals surface area contributed by atoms with Gasteiger partial charge in [-0.3, -0.25) is 4.79 Å². The first kappa shape index (κ1) is 19.4. The van der Waals surface area contributed by atoms with Gasteiger partial charge in [0.15, 0.2) is 0 Å². The molecule has 0 unspecified atom stereocenters. The Morgan fingerprint density at radius 3 is 2.59 bits per heavy atom. The average molecular weight is 405 g/mol. The number of thiophene rings is 1. The van der Waals surface area contributed by atoms with Crippen molar-refractivity contribution in [2.45, 2.75) is 39.0 Å². The van der Waals surface area contributed by atoms with Gasteiger partial charge in [-0.1, -0.05) is 17.7 Å². The van der Waals surface area contributed by atoms with E-state index in [1.165, 1.54) is 22.4 Å². The number of anilines is 1. The monoisotopic (exact) mass is 404 g/mol. The number of phenolic OH excluding ortho intramolecular Hbond substituents is 1. The van der Waals surface area contributed by atoms with Crippen molar-refractivity contribution in [3.63, 3.8) is 0 Å². The molecule has 0 atom stereocenters. The number of benzene rings is 2. The van der Waals surface area contributed by atoms with Crippen LogP contribution >= 0.6 is 11.3 Å². The van der Waals surface area contributed by atoms with Gasteiger partial charge in [0.2, 0.25) is 5.91 Å². The molecule has 0 bridgehead atoms. The van der Waals surface area contributed by atoms with E-state index < -0.39 is 0 Å². The fraction of sp³-hybridized carbons (Fsp3) is 0.250. The average Bonchev–Trinajstić information content (AvgIpc) is 3.07. The number of phenols is 1. The molecule has 2 N–H and O–H groups in total. The zero-order valence-corrected chi connectivity index (χ0v) is 17.3. The van der Waals surface area contributed by atoms with Crippen LogP contribution in [0.4, 0.5) is 10.7 Å². The van der Waals surface area contributed by atoms with Crippen molar-refractivity contribution in [1.29, 1.82) is 0 Å².